The number of imidazole rings is 1. The summed E-state index contributed by atoms with van der Waals surface area (Å²) < 4.78 is 0. The van der Waals surface area contributed by atoms with Crippen molar-refractivity contribution in [1.29, 1.82) is 0 Å². The summed E-state index contributed by atoms with van der Waals surface area (Å²) in [7, 11) is 0. The molecule has 2 rings (SSSR count). The van der Waals surface area contributed by atoms with E-state index in [4.69, 9.17) is 10.8 Å². The Kier molecular flexibility index (Phi) is 12.2. The van der Waals surface area contributed by atoms with Gasteiger partial charge in [-0.15, -0.1) is 0 Å². The van der Waals surface area contributed by atoms with E-state index < -0.39 is 60.2 Å². The Morgan fingerprint density at radius 3 is 2.13 bits per heavy atom. The van der Waals surface area contributed by atoms with Gasteiger partial charge in [0, 0.05) is 18.3 Å². The molecule has 1 aromatic carbocycles. The van der Waals surface area contributed by atoms with Crippen LogP contribution in [0, 0.1) is 0 Å². The number of H-pyrrole nitrogens is 1. The molecular weight excluding hydrogens is 532 g/mol. The number of aliphatic carboxylic acids is 2. The molecule has 4 unspecified atom stereocenters. The van der Waals surface area contributed by atoms with Crippen molar-refractivity contribution >= 4 is 41.4 Å². The fourth-order valence-electron chi connectivity index (χ4n) is 3.51. The predicted molar refractivity (Wildman–Crippen MR) is 141 cm³/mol. The normalized spacial score (nSPS) is 13.9. The van der Waals surface area contributed by atoms with Gasteiger partial charge in [-0.05, 0) is 42.5 Å². The summed E-state index contributed by atoms with van der Waals surface area (Å²) in [6, 6.07) is 1.04. The molecule has 0 aliphatic carbocycles. The molecule has 0 saturated carbocycles. The number of nitrogens with one attached hydrogen (secondary N) is 4. The molecule has 0 aliphatic rings. The van der Waals surface area contributed by atoms with Crippen LogP contribution >= 0.6 is 11.8 Å². The highest BCUT2D eigenvalue weighted by molar-refractivity contribution is 7.98. The van der Waals surface area contributed by atoms with Gasteiger partial charge in [0.25, 0.3) is 0 Å². The topological polar surface area (TPSA) is 237 Å². The Labute approximate surface area is 228 Å². The van der Waals surface area contributed by atoms with E-state index in [0.717, 1.165) is 0 Å². The average molecular weight is 565 g/mol. The third-order valence-corrected chi connectivity index (χ3v) is 6.22. The molecular formula is C24H32N6O8S. The van der Waals surface area contributed by atoms with Crippen LogP contribution in [0.4, 0.5) is 0 Å². The summed E-state index contributed by atoms with van der Waals surface area (Å²) >= 11 is 1.38. The van der Waals surface area contributed by atoms with Crippen LogP contribution < -0.4 is 21.7 Å². The lowest BCUT2D eigenvalue weighted by Gasteiger charge is -2.25. The highest BCUT2D eigenvalue weighted by Gasteiger charge is 2.31. The molecule has 1 aromatic heterocycles. The second-order valence-corrected chi connectivity index (χ2v) is 9.64. The number of nitrogens with two attached hydrogens (primary N) is 1. The Balaban J connectivity index is 2.16. The van der Waals surface area contributed by atoms with Gasteiger partial charge in [0.1, 0.15) is 23.9 Å². The number of rotatable bonds is 16. The first-order chi connectivity index (χ1) is 18.5. The van der Waals surface area contributed by atoms with E-state index in [1.54, 1.807) is 18.4 Å². The highest BCUT2D eigenvalue weighted by Crippen LogP contribution is 2.11. The molecule has 39 heavy (non-hydrogen) atoms. The number of nitrogens with zero attached hydrogens (tertiary/aromatic N) is 1. The quantitative estimate of drug-likeness (QED) is 0.123. The number of amides is 3. The number of carbonyl (C=O) groups is 5. The first kappa shape index (κ1) is 31.1. The molecule has 15 heteroatoms. The Morgan fingerprint density at radius 2 is 1.56 bits per heavy atom. The van der Waals surface area contributed by atoms with Gasteiger partial charge in [-0.25, -0.2) is 9.78 Å². The molecule has 9 N–H and O–H groups in total. The number of carboxylic acid groups (broad SMARTS) is 2. The third kappa shape index (κ3) is 10.6. The maximum absolute atomic E-state index is 13.3. The predicted octanol–water partition coefficient (Wildman–Crippen LogP) is -1.01. The molecule has 3 amide bonds. The molecule has 0 radical (unpaired) electrons. The molecule has 212 valence electrons. The van der Waals surface area contributed by atoms with Crippen molar-refractivity contribution < 1.29 is 39.3 Å². The van der Waals surface area contributed by atoms with Crippen molar-refractivity contribution in [3.05, 3.63) is 48.0 Å². The lowest BCUT2D eigenvalue weighted by atomic mass is 10.0. The van der Waals surface area contributed by atoms with Crippen molar-refractivity contribution in [3.63, 3.8) is 0 Å². The van der Waals surface area contributed by atoms with E-state index >= 15 is 0 Å². The van der Waals surface area contributed by atoms with Crippen LogP contribution in [0.3, 0.4) is 0 Å². The van der Waals surface area contributed by atoms with Gasteiger partial charge in [0.15, 0.2) is 0 Å². The van der Waals surface area contributed by atoms with Crippen LogP contribution in [0.1, 0.15) is 24.1 Å². The van der Waals surface area contributed by atoms with Crippen LogP contribution in [-0.2, 0) is 36.8 Å². The number of benzene rings is 1. The van der Waals surface area contributed by atoms with Gasteiger partial charge in [-0.1, -0.05) is 12.1 Å². The van der Waals surface area contributed by atoms with Crippen molar-refractivity contribution in [1.82, 2.24) is 25.9 Å². The summed E-state index contributed by atoms with van der Waals surface area (Å²) in [6.45, 7) is 0. The molecule has 0 spiro atoms. The number of carbonyl (C=O) groups excluding carboxylic acids is 3. The number of phenols is 1. The third-order valence-electron chi connectivity index (χ3n) is 5.58. The molecule has 4 atom stereocenters. The second kappa shape index (κ2) is 15.3. The number of hydrogen-bond donors (Lipinski definition) is 8. The standard InChI is InChI=1S/C24H32N6O8S/c1-39-7-6-17(22(35)30-19(24(37)38)10-20(32)33)28-23(36)18(9-14-11-26-12-27-14)29-21(34)16(25)8-13-2-4-15(31)5-3-13/h2-5,11-12,16-19,31H,6-10,25H2,1H3,(H,26,27)(H,28,36)(H,29,34)(H,30,35)(H,32,33)(H,37,38). The SMILES string of the molecule is CSCCC(NC(=O)C(Cc1cnc[nH]1)NC(=O)C(N)Cc1ccc(O)cc1)C(=O)NC(CC(=O)O)C(=O)O. The minimum Gasteiger partial charge on any atom is -0.508 e. The lowest BCUT2D eigenvalue weighted by Crippen LogP contribution is -2.58. The Bertz CT molecular complexity index is 1130. The molecule has 14 nitrogen and oxygen atoms in total. The minimum absolute atomic E-state index is 0.0167. The lowest BCUT2D eigenvalue weighted by molar-refractivity contribution is -0.147. The maximum Gasteiger partial charge on any atom is 0.326 e. The monoisotopic (exact) mass is 564 g/mol. The van der Waals surface area contributed by atoms with E-state index in [-0.39, 0.29) is 25.0 Å². The van der Waals surface area contributed by atoms with Crippen LogP contribution in [0.15, 0.2) is 36.8 Å². The van der Waals surface area contributed by atoms with E-state index in [0.29, 0.717) is 17.0 Å². The van der Waals surface area contributed by atoms with E-state index in [1.807, 2.05) is 0 Å². The van der Waals surface area contributed by atoms with Crippen molar-refractivity contribution in [2.75, 3.05) is 12.0 Å². The fraction of sp³-hybridized carbons (Fsp3) is 0.417. The summed E-state index contributed by atoms with van der Waals surface area (Å²) in [5, 5.41) is 34.9. The number of aromatic amines is 1. The summed E-state index contributed by atoms with van der Waals surface area (Å²) in [5.74, 6) is -4.72. The van der Waals surface area contributed by atoms with Crippen LogP contribution in [-0.4, -0.2) is 91.1 Å². The number of thioether (sulfide) groups is 1. The zero-order chi connectivity index (χ0) is 28.9. The van der Waals surface area contributed by atoms with Crippen LogP contribution in [0.5, 0.6) is 5.75 Å². The molecule has 1 heterocycles. The molecule has 0 bridgehead atoms. The number of aromatic nitrogens is 2. The maximum atomic E-state index is 13.3. The zero-order valence-electron chi connectivity index (χ0n) is 21.1. The summed E-state index contributed by atoms with van der Waals surface area (Å²) in [4.78, 5) is 68.1. The average Bonchev–Trinajstić information content (AvgIpc) is 3.39. The van der Waals surface area contributed by atoms with Crippen LogP contribution in [0.2, 0.25) is 0 Å². The van der Waals surface area contributed by atoms with Gasteiger partial charge in [0.05, 0.1) is 18.8 Å². The number of hydrogen-bond acceptors (Lipinski definition) is 9. The van der Waals surface area contributed by atoms with Crippen molar-refractivity contribution in [2.45, 2.75) is 49.9 Å². The van der Waals surface area contributed by atoms with Crippen molar-refractivity contribution in [3.8, 4) is 5.75 Å². The fourth-order valence-corrected chi connectivity index (χ4v) is 3.98. The second-order valence-electron chi connectivity index (χ2n) is 8.66. The van der Waals surface area contributed by atoms with Gasteiger partial charge < -0.3 is 42.0 Å². The molecule has 0 fully saturated rings. The van der Waals surface area contributed by atoms with Gasteiger partial charge in [0.2, 0.25) is 17.7 Å². The summed E-state index contributed by atoms with van der Waals surface area (Å²) in [6.07, 6.45) is 4.01. The first-order valence-electron chi connectivity index (χ1n) is 11.9. The number of carboxylic acids is 2. The first-order valence-corrected chi connectivity index (χ1v) is 13.2. The van der Waals surface area contributed by atoms with E-state index in [9.17, 15) is 34.2 Å². The number of aromatic hydroxyl groups is 1. The smallest absolute Gasteiger partial charge is 0.326 e. The summed E-state index contributed by atoms with van der Waals surface area (Å²) in [5.41, 5.74) is 7.25. The Hall–Kier alpha value is -4.11. The molecule has 2 aromatic rings. The van der Waals surface area contributed by atoms with Gasteiger partial charge >= 0.3 is 11.9 Å². The molecule has 0 saturated heterocycles. The molecule has 0 aliphatic heterocycles. The minimum atomic E-state index is -1.69. The largest absolute Gasteiger partial charge is 0.508 e. The number of phenolic OH excluding ortho intramolecular Hbond substituents is 1. The zero-order valence-corrected chi connectivity index (χ0v) is 21.9. The van der Waals surface area contributed by atoms with E-state index in [1.165, 1.54) is 36.4 Å². The van der Waals surface area contributed by atoms with Crippen LogP contribution in [0.25, 0.3) is 0 Å². The van der Waals surface area contributed by atoms with Gasteiger partial charge in [-0.2, -0.15) is 11.8 Å². The highest BCUT2D eigenvalue weighted by atomic mass is 32.2. The van der Waals surface area contributed by atoms with Crippen molar-refractivity contribution in [2.24, 2.45) is 5.73 Å². The van der Waals surface area contributed by atoms with E-state index in [2.05, 4.69) is 25.9 Å². The van der Waals surface area contributed by atoms with Gasteiger partial charge in [-0.3, -0.25) is 19.2 Å². The Morgan fingerprint density at radius 1 is 0.949 bits per heavy atom.